The highest BCUT2D eigenvalue weighted by molar-refractivity contribution is 5.96. The smallest absolute Gasteiger partial charge is 0.326 e. The summed E-state index contributed by atoms with van der Waals surface area (Å²) in [7, 11) is 4.49. The van der Waals surface area contributed by atoms with Crippen molar-refractivity contribution in [2.24, 2.45) is 17.6 Å². The van der Waals surface area contributed by atoms with Gasteiger partial charge in [0.2, 0.25) is 23.6 Å². The molecular weight excluding hydrogens is 869 g/mol. The molecule has 0 unspecified atom stereocenters. The number of nitrogens with one attached hydrogen (secondary N) is 2. The number of morpholine rings is 1. The van der Waals surface area contributed by atoms with E-state index in [-0.39, 0.29) is 19.4 Å². The molecule has 5 amide bonds. The number of esters is 1. The van der Waals surface area contributed by atoms with E-state index in [1.54, 1.807) is 27.0 Å². The van der Waals surface area contributed by atoms with Crippen LogP contribution in [0.1, 0.15) is 71.9 Å². The number of carbonyl (C=O) groups is 6. The van der Waals surface area contributed by atoms with E-state index >= 15 is 4.79 Å². The lowest BCUT2D eigenvalue weighted by atomic mass is 9.95. The Bertz CT molecular complexity index is 2210. The van der Waals surface area contributed by atoms with Gasteiger partial charge in [0.1, 0.15) is 36.0 Å². The maximum atomic E-state index is 15.1. The monoisotopic (exact) mass is 941 g/mol. The number of pyridine rings is 1. The average molecular weight is 941 g/mol. The Labute approximate surface area is 401 Å². The van der Waals surface area contributed by atoms with Crippen molar-refractivity contribution >= 4 is 41.3 Å². The van der Waals surface area contributed by atoms with Crippen LogP contribution in [0.25, 0.3) is 11.1 Å². The quantitative estimate of drug-likeness (QED) is 0.114. The Morgan fingerprint density at radius 2 is 1.56 bits per heavy atom. The van der Waals surface area contributed by atoms with Gasteiger partial charge < -0.3 is 50.5 Å². The van der Waals surface area contributed by atoms with E-state index < -0.39 is 89.3 Å². The molecule has 1 aromatic heterocycles. The fourth-order valence-corrected chi connectivity index (χ4v) is 9.12. The Kier molecular flexibility index (Phi) is 18.6. The van der Waals surface area contributed by atoms with Crippen molar-refractivity contribution in [1.29, 1.82) is 0 Å². The number of primary amides is 1. The number of likely N-dealkylation sites (N-methyl/N-ethyl adjacent to an activating group) is 3. The number of nitrogens with two attached hydrogens (primary N) is 1. The summed E-state index contributed by atoms with van der Waals surface area (Å²) in [5, 5.41) is 16.4. The van der Waals surface area contributed by atoms with Crippen LogP contribution in [-0.4, -0.2) is 156 Å². The van der Waals surface area contributed by atoms with E-state index in [2.05, 4.69) is 20.5 Å². The molecule has 5 rings (SSSR count). The normalized spacial score (nSPS) is 17.9. The molecule has 0 radical (unpaired) electrons. The van der Waals surface area contributed by atoms with Gasteiger partial charge in [-0.05, 0) is 80.5 Å². The van der Waals surface area contributed by atoms with Crippen molar-refractivity contribution in [3.63, 3.8) is 0 Å². The second-order valence-corrected chi connectivity index (χ2v) is 19.0. The molecular formula is C51H72N8O9. The van der Waals surface area contributed by atoms with Gasteiger partial charge in [0.25, 0.3) is 5.91 Å². The topological polar surface area (TPSA) is 217 Å². The second kappa shape index (κ2) is 23.9. The number of aliphatic hydroxyl groups is 1. The van der Waals surface area contributed by atoms with Gasteiger partial charge in [-0.3, -0.25) is 28.8 Å². The average Bonchev–Trinajstić information content (AvgIpc) is 3.82. The first-order valence-electron chi connectivity index (χ1n) is 23.7. The molecule has 2 fully saturated rings. The number of ether oxygens (including phenoxy) is 2. The third-order valence-corrected chi connectivity index (χ3v) is 13.2. The molecule has 3 heterocycles. The molecule has 0 bridgehead atoms. The number of nitrogens with zero attached hydrogens (tertiary/aromatic N) is 5. The van der Waals surface area contributed by atoms with Gasteiger partial charge >= 0.3 is 5.97 Å². The number of hydrogen-bond acceptors (Lipinski definition) is 12. The van der Waals surface area contributed by atoms with E-state index in [0.717, 1.165) is 41.2 Å². The highest BCUT2D eigenvalue weighted by Crippen LogP contribution is 2.28. The lowest BCUT2D eigenvalue weighted by Gasteiger charge is -2.37. The number of carbonyl (C=O) groups excluding carboxylic acids is 6. The summed E-state index contributed by atoms with van der Waals surface area (Å²) in [4.78, 5) is 95.8. The summed E-state index contributed by atoms with van der Waals surface area (Å²) in [6, 6.07) is 15.4. The Hall–Kier alpha value is -5.91. The molecule has 7 atom stereocenters. The predicted octanol–water partition coefficient (Wildman–Crippen LogP) is 2.96. The molecule has 17 nitrogen and oxygen atoms in total. The first-order valence-corrected chi connectivity index (χ1v) is 23.7. The molecule has 0 spiro atoms. The highest BCUT2D eigenvalue weighted by Gasteiger charge is 2.43. The number of benzene rings is 2. The van der Waals surface area contributed by atoms with Crippen LogP contribution in [0.4, 0.5) is 5.82 Å². The van der Waals surface area contributed by atoms with Gasteiger partial charge in [-0.2, -0.15) is 0 Å². The van der Waals surface area contributed by atoms with Gasteiger partial charge in [0, 0.05) is 58.7 Å². The zero-order chi connectivity index (χ0) is 49.9. The molecule has 17 heteroatoms. The fourth-order valence-electron chi connectivity index (χ4n) is 9.12. The summed E-state index contributed by atoms with van der Waals surface area (Å²) in [6.45, 7) is 13.0. The molecule has 0 aliphatic carbocycles. The molecule has 5 N–H and O–H groups in total. The number of anilines is 1. The third-order valence-electron chi connectivity index (χ3n) is 13.2. The van der Waals surface area contributed by atoms with Crippen LogP contribution in [0.15, 0.2) is 72.9 Å². The number of rotatable bonds is 21. The van der Waals surface area contributed by atoms with Crippen LogP contribution >= 0.6 is 0 Å². The summed E-state index contributed by atoms with van der Waals surface area (Å²) in [6.07, 6.45) is 2.02. The van der Waals surface area contributed by atoms with E-state index in [1.165, 1.54) is 49.7 Å². The molecule has 2 aliphatic heterocycles. The van der Waals surface area contributed by atoms with E-state index in [4.69, 9.17) is 15.2 Å². The number of amides is 5. The van der Waals surface area contributed by atoms with Crippen molar-refractivity contribution in [1.82, 2.24) is 30.3 Å². The summed E-state index contributed by atoms with van der Waals surface area (Å²) in [5.41, 5.74) is 7.60. The van der Waals surface area contributed by atoms with Crippen LogP contribution in [0.3, 0.4) is 0 Å². The van der Waals surface area contributed by atoms with Gasteiger partial charge in [-0.15, -0.1) is 0 Å². The van der Waals surface area contributed by atoms with Crippen LogP contribution < -0.4 is 21.3 Å². The van der Waals surface area contributed by atoms with Gasteiger partial charge in [0.15, 0.2) is 6.10 Å². The Balaban J connectivity index is 1.47. The molecule has 3 aromatic rings. The van der Waals surface area contributed by atoms with Crippen molar-refractivity contribution in [3.05, 3.63) is 84.1 Å². The predicted molar refractivity (Wildman–Crippen MR) is 259 cm³/mol. The zero-order valence-corrected chi connectivity index (χ0v) is 41.1. The van der Waals surface area contributed by atoms with E-state index in [9.17, 15) is 29.1 Å². The van der Waals surface area contributed by atoms with Crippen LogP contribution in [0.5, 0.6) is 0 Å². The largest absolute Gasteiger partial charge is 0.451 e. The van der Waals surface area contributed by atoms with Gasteiger partial charge in [-0.1, -0.05) is 82.3 Å². The first-order chi connectivity index (χ1) is 32.3. The van der Waals surface area contributed by atoms with Gasteiger partial charge in [0.05, 0.1) is 18.8 Å². The lowest BCUT2D eigenvalue weighted by molar-refractivity contribution is -0.170. The summed E-state index contributed by atoms with van der Waals surface area (Å²) < 4.78 is 11.3. The minimum absolute atomic E-state index is 0.0469. The number of hydrogen-bond donors (Lipinski definition) is 4. The maximum Gasteiger partial charge on any atom is 0.326 e. The lowest BCUT2D eigenvalue weighted by Crippen LogP contribution is -2.61. The minimum atomic E-state index is -1.51. The standard InChI is InChI=1S/C51H72N8O9/c1-10-33(4)43(68-50(65)44(53-7)51(5,6)66)49(64)57(9)42(32(2)3)46(61)55-38(29-34-16-12-11-13-17-34)47(62)56(8)40(48(63)59-23-15-20-39(59)45(52)60)30-35-18-14-19-36(28-35)37-21-22-54-41(31-37)58-24-26-67-27-25-58/h11-14,16-19,21-22,28,31-33,38-40,42-44,53,66H,10,15,20,23-27,29-30H2,1-9H3,(H2,52,60)(H,55,61)/t33-,38-,39-,40-,42-,43+,44+/m0/s1. The summed E-state index contributed by atoms with van der Waals surface area (Å²) >= 11 is 0. The van der Waals surface area contributed by atoms with Crippen molar-refractivity contribution < 1.29 is 43.3 Å². The molecule has 2 saturated heterocycles. The van der Waals surface area contributed by atoms with Crippen molar-refractivity contribution in [2.45, 2.75) is 116 Å². The van der Waals surface area contributed by atoms with Crippen molar-refractivity contribution in [2.75, 3.05) is 58.9 Å². The van der Waals surface area contributed by atoms with Crippen LogP contribution in [0, 0.1) is 11.8 Å². The maximum absolute atomic E-state index is 15.1. The summed E-state index contributed by atoms with van der Waals surface area (Å²) in [5.74, 6) is -3.82. The molecule has 68 heavy (non-hydrogen) atoms. The Morgan fingerprint density at radius 1 is 0.897 bits per heavy atom. The second-order valence-electron chi connectivity index (χ2n) is 19.0. The number of likely N-dealkylation sites (tertiary alicyclic amines) is 1. The number of aromatic nitrogens is 1. The first kappa shape index (κ1) is 53.1. The van der Waals surface area contributed by atoms with Crippen LogP contribution in [0.2, 0.25) is 0 Å². The van der Waals surface area contributed by atoms with E-state index in [1.807, 2.05) is 73.7 Å². The SMILES string of the molecule is CC[C@H](C)[C@@H](OC(=O)[C@@H](NC)C(C)(C)O)C(=O)N(C)[C@H](C(=O)N[C@@H](Cc1ccccc1)C(=O)N(C)[C@@H](Cc1cccc(-c2ccnc(N3CCOCC3)c2)c1)C(=O)N1CCC[C@H]1C(N)=O)C(C)C. The zero-order valence-electron chi connectivity index (χ0n) is 41.1. The highest BCUT2D eigenvalue weighted by atomic mass is 16.6. The van der Waals surface area contributed by atoms with Crippen molar-refractivity contribution in [3.8, 4) is 11.1 Å². The van der Waals surface area contributed by atoms with E-state index in [0.29, 0.717) is 32.5 Å². The molecule has 2 aromatic carbocycles. The fraction of sp³-hybridized carbons (Fsp3) is 0.549. The molecule has 0 saturated carbocycles. The third kappa shape index (κ3) is 13.2. The molecule has 370 valence electrons. The van der Waals surface area contributed by atoms with Crippen LogP contribution in [-0.2, 0) is 51.1 Å². The van der Waals surface area contributed by atoms with Gasteiger partial charge in [-0.25, -0.2) is 4.98 Å². The Morgan fingerprint density at radius 3 is 2.18 bits per heavy atom. The minimum Gasteiger partial charge on any atom is -0.451 e. The molecule has 2 aliphatic rings.